The highest BCUT2D eigenvalue weighted by molar-refractivity contribution is 5.97. The third-order valence-corrected chi connectivity index (χ3v) is 5.53. The number of anilines is 1. The Kier molecular flexibility index (Phi) is 3.37. The molecule has 0 fully saturated rings. The Hall–Kier alpha value is -3.15. The number of aldehydes is 1. The van der Waals surface area contributed by atoms with Gasteiger partial charge in [-0.2, -0.15) is 0 Å². The van der Waals surface area contributed by atoms with E-state index in [0.29, 0.717) is 34.7 Å². The summed E-state index contributed by atoms with van der Waals surface area (Å²) in [7, 11) is 1.82. The molecule has 0 saturated heterocycles. The van der Waals surface area contributed by atoms with E-state index in [4.69, 9.17) is 4.98 Å². The van der Waals surface area contributed by atoms with Crippen LogP contribution < -0.4 is 5.32 Å². The van der Waals surface area contributed by atoms with Gasteiger partial charge in [-0.3, -0.25) is 4.79 Å². The summed E-state index contributed by atoms with van der Waals surface area (Å²) in [6.07, 6.45) is 1.63. The van der Waals surface area contributed by atoms with Crippen molar-refractivity contribution >= 4 is 33.9 Å². The van der Waals surface area contributed by atoms with E-state index in [1.165, 1.54) is 6.07 Å². The molecule has 0 amide bonds. The lowest BCUT2D eigenvalue weighted by Crippen LogP contribution is -2.24. The molecule has 5 nitrogen and oxygen atoms in total. The van der Waals surface area contributed by atoms with Gasteiger partial charge in [0.2, 0.25) is 0 Å². The number of aromatic nitrogens is 3. The molecule has 136 valence electrons. The number of hydrogen-bond acceptors (Lipinski definition) is 3. The summed E-state index contributed by atoms with van der Waals surface area (Å²) in [5.74, 6) is 0.273. The largest absolute Gasteiger partial charge is 0.381 e. The summed E-state index contributed by atoms with van der Waals surface area (Å²) >= 11 is 0. The molecule has 1 aliphatic rings. The molecular weight excluding hydrogens is 343 g/mol. The molecule has 0 aliphatic carbocycles. The fourth-order valence-electron chi connectivity index (χ4n) is 4.24. The minimum atomic E-state index is -0.431. The Balaban J connectivity index is 1.85. The number of fused-ring (bicyclic) bond motifs is 1. The lowest BCUT2D eigenvalue weighted by molar-refractivity contribution is 0.112. The number of nitrogens with zero attached hydrogens (tertiary/aromatic N) is 3. The van der Waals surface area contributed by atoms with Crippen molar-refractivity contribution in [3.63, 3.8) is 0 Å². The molecule has 5 rings (SSSR count). The van der Waals surface area contributed by atoms with Crippen LogP contribution in [0.15, 0.2) is 36.4 Å². The van der Waals surface area contributed by atoms with Gasteiger partial charge in [0, 0.05) is 24.5 Å². The molecule has 2 aromatic carbocycles. The van der Waals surface area contributed by atoms with Crippen LogP contribution in [-0.2, 0) is 7.05 Å². The highest BCUT2D eigenvalue weighted by Gasteiger charge is 2.26. The fraction of sp³-hybridized carbons (Fsp3) is 0.238. The number of para-hydroxylation sites is 1. The van der Waals surface area contributed by atoms with Crippen LogP contribution in [0.5, 0.6) is 0 Å². The molecule has 0 radical (unpaired) electrons. The van der Waals surface area contributed by atoms with Gasteiger partial charge in [0.25, 0.3) is 0 Å². The Morgan fingerprint density at radius 2 is 2.15 bits per heavy atom. The van der Waals surface area contributed by atoms with Crippen molar-refractivity contribution in [1.82, 2.24) is 14.1 Å². The fourth-order valence-corrected chi connectivity index (χ4v) is 4.24. The maximum atomic E-state index is 14.6. The third kappa shape index (κ3) is 2.16. The van der Waals surface area contributed by atoms with Crippen molar-refractivity contribution in [1.29, 1.82) is 0 Å². The number of halogens is 1. The molecule has 27 heavy (non-hydrogen) atoms. The second-order valence-electron chi connectivity index (χ2n) is 7.07. The van der Waals surface area contributed by atoms with E-state index in [2.05, 4.69) is 35.0 Å². The van der Waals surface area contributed by atoms with Crippen molar-refractivity contribution in [2.45, 2.75) is 19.4 Å². The van der Waals surface area contributed by atoms with E-state index in [1.807, 2.05) is 13.1 Å². The van der Waals surface area contributed by atoms with Crippen LogP contribution in [0.2, 0.25) is 0 Å². The first-order valence-corrected chi connectivity index (χ1v) is 9.11. The van der Waals surface area contributed by atoms with Gasteiger partial charge in [-0.15, -0.1) is 0 Å². The zero-order chi connectivity index (χ0) is 18.7. The number of aryl methyl sites for hydroxylation is 1. The lowest BCUT2D eigenvalue weighted by atomic mass is 10.1. The number of imidazole rings is 1. The molecule has 3 heterocycles. The SMILES string of the molecule is CCC1CNc2cccc3cc(-c4nc5cc(C=O)cc(F)c5n4C)n1c23. The van der Waals surface area contributed by atoms with Gasteiger partial charge in [0.05, 0.1) is 28.5 Å². The quantitative estimate of drug-likeness (QED) is 0.545. The van der Waals surface area contributed by atoms with Gasteiger partial charge in [-0.1, -0.05) is 19.1 Å². The highest BCUT2D eigenvalue weighted by atomic mass is 19.1. The molecule has 1 aliphatic heterocycles. The van der Waals surface area contributed by atoms with Crippen LogP contribution in [0.1, 0.15) is 29.7 Å². The number of hydrogen-bond donors (Lipinski definition) is 1. The van der Waals surface area contributed by atoms with Gasteiger partial charge in [-0.05, 0) is 30.7 Å². The first-order chi connectivity index (χ1) is 13.1. The number of carbonyl (C=O) groups excluding carboxylic acids is 1. The Labute approximate surface area is 155 Å². The van der Waals surface area contributed by atoms with Crippen LogP contribution in [-0.4, -0.2) is 26.9 Å². The van der Waals surface area contributed by atoms with Gasteiger partial charge in [-0.25, -0.2) is 9.37 Å². The zero-order valence-electron chi connectivity index (χ0n) is 15.2. The second kappa shape index (κ2) is 5.67. The Bertz CT molecular complexity index is 1220. The highest BCUT2D eigenvalue weighted by Crippen LogP contribution is 2.39. The topological polar surface area (TPSA) is 51.9 Å². The molecule has 1 atom stereocenters. The van der Waals surface area contributed by atoms with Crippen molar-refractivity contribution in [3.8, 4) is 11.5 Å². The van der Waals surface area contributed by atoms with E-state index in [0.717, 1.165) is 35.2 Å². The third-order valence-electron chi connectivity index (χ3n) is 5.53. The maximum Gasteiger partial charge on any atom is 0.157 e. The summed E-state index contributed by atoms with van der Waals surface area (Å²) in [6.45, 7) is 3.01. The Morgan fingerprint density at radius 1 is 1.30 bits per heavy atom. The summed E-state index contributed by atoms with van der Waals surface area (Å²) in [5.41, 5.74) is 4.44. The minimum Gasteiger partial charge on any atom is -0.381 e. The van der Waals surface area contributed by atoms with Crippen molar-refractivity contribution in [2.24, 2.45) is 7.05 Å². The number of carbonyl (C=O) groups is 1. The standard InChI is InChI=1S/C21H19FN4O/c1-3-14-10-23-16-6-4-5-13-9-18(26(14)19(13)16)21-24-17-8-12(11-27)7-15(22)20(17)25(21)2/h4-9,11,14,23H,3,10H2,1-2H3. The van der Waals surface area contributed by atoms with Crippen LogP contribution >= 0.6 is 0 Å². The number of rotatable bonds is 3. The van der Waals surface area contributed by atoms with Crippen LogP contribution in [0.4, 0.5) is 10.1 Å². The number of benzene rings is 2. The van der Waals surface area contributed by atoms with E-state index >= 15 is 0 Å². The first kappa shape index (κ1) is 16.1. The van der Waals surface area contributed by atoms with Crippen LogP contribution in [0, 0.1) is 5.82 Å². The molecule has 6 heteroatoms. The Morgan fingerprint density at radius 3 is 2.93 bits per heavy atom. The molecular formula is C21H19FN4O. The maximum absolute atomic E-state index is 14.6. The smallest absolute Gasteiger partial charge is 0.157 e. The van der Waals surface area contributed by atoms with Gasteiger partial charge >= 0.3 is 0 Å². The molecule has 4 aromatic rings. The monoisotopic (exact) mass is 362 g/mol. The van der Waals surface area contributed by atoms with E-state index in [1.54, 1.807) is 10.6 Å². The predicted octanol–water partition coefficient (Wildman–Crippen LogP) is 4.52. The zero-order valence-corrected chi connectivity index (χ0v) is 15.2. The van der Waals surface area contributed by atoms with E-state index < -0.39 is 5.82 Å². The average molecular weight is 362 g/mol. The molecule has 2 aromatic heterocycles. The molecule has 1 N–H and O–H groups in total. The molecule has 0 bridgehead atoms. The predicted molar refractivity (Wildman–Crippen MR) is 105 cm³/mol. The lowest BCUT2D eigenvalue weighted by Gasteiger charge is -2.28. The summed E-state index contributed by atoms with van der Waals surface area (Å²) in [5, 5.41) is 4.64. The summed E-state index contributed by atoms with van der Waals surface area (Å²) in [4.78, 5) is 15.8. The van der Waals surface area contributed by atoms with Crippen molar-refractivity contribution in [3.05, 3.63) is 47.8 Å². The molecule has 1 unspecified atom stereocenters. The number of nitrogens with one attached hydrogen (secondary N) is 1. The minimum absolute atomic E-state index is 0.294. The van der Waals surface area contributed by atoms with Gasteiger partial charge in [0.1, 0.15) is 17.6 Å². The van der Waals surface area contributed by atoms with Crippen LogP contribution in [0.3, 0.4) is 0 Å². The van der Waals surface area contributed by atoms with E-state index in [9.17, 15) is 9.18 Å². The normalized spacial score (nSPS) is 16.0. The first-order valence-electron chi connectivity index (χ1n) is 9.11. The average Bonchev–Trinajstić information content (AvgIpc) is 3.22. The van der Waals surface area contributed by atoms with Crippen molar-refractivity contribution < 1.29 is 9.18 Å². The van der Waals surface area contributed by atoms with Gasteiger partial charge < -0.3 is 14.5 Å². The second-order valence-corrected chi connectivity index (χ2v) is 7.07. The van der Waals surface area contributed by atoms with Crippen molar-refractivity contribution in [2.75, 3.05) is 11.9 Å². The summed E-state index contributed by atoms with van der Waals surface area (Å²) in [6, 6.07) is 11.5. The van der Waals surface area contributed by atoms with E-state index in [-0.39, 0.29) is 0 Å². The molecule has 0 saturated carbocycles. The van der Waals surface area contributed by atoms with Gasteiger partial charge in [0.15, 0.2) is 5.82 Å². The summed E-state index contributed by atoms with van der Waals surface area (Å²) < 4.78 is 18.7. The van der Waals surface area contributed by atoms with Crippen LogP contribution in [0.25, 0.3) is 33.5 Å². The molecule has 0 spiro atoms.